The predicted molar refractivity (Wildman–Crippen MR) is 50.6 cm³/mol. The van der Waals surface area contributed by atoms with Gasteiger partial charge in [0.05, 0.1) is 33.8 Å². The minimum Gasteiger partial charge on any atom is -1.00 e. The largest absolute Gasteiger partial charge is 1.00 e. The van der Waals surface area contributed by atoms with E-state index >= 15 is 0 Å². The van der Waals surface area contributed by atoms with Gasteiger partial charge in [0.1, 0.15) is 0 Å². The van der Waals surface area contributed by atoms with E-state index in [1.165, 1.54) is 0 Å². The molecule has 0 aliphatic carbocycles. The topological polar surface area (TPSA) is 27.0 Å². The molecule has 3 nitrogen and oxygen atoms in total. The van der Waals surface area contributed by atoms with Gasteiger partial charge in [-0.3, -0.25) is 4.90 Å². The molecule has 0 fully saturated rings. The van der Waals surface area contributed by atoms with Crippen molar-refractivity contribution in [1.29, 1.82) is 5.26 Å². The number of likely N-dealkylation sites (N-methyl/N-ethyl adjacent to an activating group) is 2. The molecule has 0 aromatic carbocycles. The van der Waals surface area contributed by atoms with Crippen LogP contribution >= 0.6 is 0 Å². The summed E-state index contributed by atoms with van der Waals surface area (Å²) in [7, 11) is 8.60. The van der Waals surface area contributed by atoms with E-state index in [-0.39, 0.29) is 24.0 Å². The molecule has 0 spiro atoms. The van der Waals surface area contributed by atoms with Crippen molar-refractivity contribution in [3.63, 3.8) is 0 Å². The molecule has 0 bridgehead atoms. The van der Waals surface area contributed by atoms with E-state index < -0.39 is 0 Å². The van der Waals surface area contributed by atoms with Crippen molar-refractivity contribution in [2.75, 3.05) is 47.8 Å². The summed E-state index contributed by atoms with van der Waals surface area (Å²) in [6.07, 6.45) is 0.633. The van der Waals surface area contributed by atoms with E-state index in [0.717, 1.165) is 24.1 Å². The Kier molecular flexibility index (Phi) is 9.05. The lowest BCUT2D eigenvalue weighted by Gasteiger charge is -2.26. The fraction of sp³-hybridized carbons (Fsp3) is 0.889. The molecule has 0 N–H and O–H groups in total. The van der Waals surface area contributed by atoms with E-state index in [0.29, 0.717) is 6.42 Å². The molecule has 0 atom stereocenters. The third-order valence-electron chi connectivity index (χ3n) is 1.76. The van der Waals surface area contributed by atoms with Crippen LogP contribution in [0.15, 0.2) is 0 Å². The van der Waals surface area contributed by atoms with Crippen molar-refractivity contribution in [3.8, 4) is 6.07 Å². The lowest BCUT2D eigenvalue weighted by molar-refractivity contribution is -0.869. The zero-order valence-electron chi connectivity index (χ0n) is 9.05. The highest BCUT2D eigenvalue weighted by molar-refractivity contribution is 4.70. The average Bonchev–Trinajstić information content (AvgIpc) is 1.95. The standard InChI is InChI=1S/C9H20N3.HI/c1-11(7-5-6-10)8-9-12(2,3)4;/h5,7-9H2,1-4H3;1H/q+1;/p-1. The SMILES string of the molecule is CN(CCC#N)CC[N+](C)(C)C.[I-]. The van der Waals surface area contributed by atoms with Gasteiger partial charge in [-0.2, -0.15) is 5.26 Å². The zero-order chi connectivity index (χ0) is 9.61. The average molecular weight is 297 g/mol. The molecule has 0 heterocycles. The van der Waals surface area contributed by atoms with Crippen LogP contribution in [0.3, 0.4) is 0 Å². The van der Waals surface area contributed by atoms with Crippen LogP contribution < -0.4 is 24.0 Å². The number of halogens is 1. The van der Waals surface area contributed by atoms with Crippen molar-refractivity contribution in [3.05, 3.63) is 0 Å². The molecule has 13 heavy (non-hydrogen) atoms. The first kappa shape index (κ1) is 15.6. The summed E-state index contributed by atoms with van der Waals surface area (Å²) in [5.41, 5.74) is 0. The first-order valence-electron chi connectivity index (χ1n) is 4.31. The van der Waals surface area contributed by atoms with E-state index in [1.54, 1.807) is 0 Å². The second kappa shape index (κ2) is 7.54. The number of hydrogen-bond acceptors (Lipinski definition) is 2. The van der Waals surface area contributed by atoms with Gasteiger partial charge in [0.25, 0.3) is 0 Å². The van der Waals surface area contributed by atoms with E-state index in [2.05, 4.69) is 39.2 Å². The summed E-state index contributed by atoms with van der Waals surface area (Å²) in [6.45, 7) is 3.07. The van der Waals surface area contributed by atoms with Crippen LogP contribution in [0, 0.1) is 11.3 Å². The Morgan fingerprint density at radius 2 is 1.77 bits per heavy atom. The quantitative estimate of drug-likeness (QED) is 0.416. The molecule has 0 radical (unpaired) electrons. The summed E-state index contributed by atoms with van der Waals surface area (Å²) < 4.78 is 0.983. The molecule has 0 saturated carbocycles. The zero-order valence-corrected chi connectivity index (χ0v) is 11.2. The maximum absolute atomic E-state index is 8.36. The molecule has 0 rings (SSSR count). The fourth-order valence-corrected chi connectivity index (χ4v) is 0.823. The number of hydrogen-bond donors (Lipinski definition) is 0. The van der Waals surface area contributed by atoms with Crippen LogP contribution in [0.25, 0.3) is 0 Å². The number of rotatable bonds is 5. The predicted octanol–water partition coefficient (Wildman–Crippen LogP) is -2.46. The molecule has 0 saturated heterocycles. The van der Waals surface area contributed by atoms with Gasteiger partial charge in [-0.1, -0.05) is 0 Å². The monoisotopic (exact) mass is 297 g/mol. The Morgan fingerprint density at radius 1 is 1.23 bits per heavy atom. The highest BCUT2D eigenvalue weighted by Crippen LogP contribution is 1.92. The Labute approximate surface area is 98.9 Å². The second-order valence-electron chi connectivity index (χ2n) is 4.23. The van der Waals surface area contributed by atoms with Gasteiger partial charge >= 0.3 is 0 Å². The normalized spacial score (nSPS) is 10.8. The first-order valence-corrected chi connectivity index (χ1v) is 4.31. The first-order chi connectivity index (χ1) is 5.45. The molecule has 0 aromatic rings. The van der Waals surface area contributed by atoms with Crippen LogP contribution in [0.1, 0.15) is 6.42 Å². The van der Waals surface area contributed by atoms with Crippen LogP contribution in [-0.4, -0.2) is 57.2 Å². The maximum Gasteiger partial charge on any atom is 0.0909 e. The number of nitrogens with zero attached hydrogens (tertiary/aromatic N) is 3. The molecule has 0 aliphatic heterocycles. The van der Waals surface area contributed by atoms with Gasteiger partial charge in [-0.15, -0.1) is 0 Å². The van der Waals surface area contributed by atoms with Gasteiger partial charge in [-0.05, 0) is 7.05 Å². The molecule has 0 unspecified atom stereocenters. The maximum atomic E-state index is 8.36. The van der Waals surface area contributed by atoms with Crippen LogP contribution in [0.5, 0.6) is 0 Å². The minimum atomic E-state index is 0. The third-order valence-corrected chi connectivity index (χ3v) is 1.76. The van der Waals surface area contributed by atoms with Gasteiger partial charge in [0.2, 0.25) is 0 Å². The van der Waals surface area contributed by atoms with E-state index in [1.807, 2.05) is 0 Å². The molecule has 4 heteroatoms. The van der Waals surface area contributed by atoms with E-state index in [9.17, 15) is 0 Å². The molecular weight excluding hydrogens is 277 g/mol. The summed E-state index contributed by atoms with van der Waals surface area (Å²) in [5, 5.41) is 8.36. The lowest BCUT2D eigenvalue weighted by Crippen LogP contribution is -3.00. The van der Waals surface area contributed by atoms with Gasteiger partial charge in [0.15, 0.2) is 0 Å². The molecule has 0 amide bonds. The van der Waals surface area contributed by atoms with Crippen molar-refractivity contribution in [2.24, 2.45) is 0 Å². The fourth-order valence-electron chi connectivity index (χ4n) is 0.823. The smallest absolute Gasteiger partial charge is 0.0909 e. The van der Waals surface area contributed by atoms with Gasteiger partial charge in [-0.25, -0.2) is 0 Å². The molecule has 0 aromatic heterocycles. The highest BCUT2D eigenvalue weighted by Gasteiger charge is 2.07. The van der Waals surface area contributed by atoms with Crippen LogP contribution in [-0.2, 0) is 0 Å². The highest BCUT2D eigenvalue weighted by atomic mass is 127. The Bertz CT molecular complexity index is 157. The van der Waals surface area contributed by atoms with Gasteiger partial charge in [0, 0.05) is 19.5 Å². The summed E-state index contributed by atoms with van der Waals surface area (Å²) in [6, 6.07) is 2.15. The van der Waals surface area contributed by atoms with E-state index in [4.69, 9.17) is 5.26 Å². The summed E-state index contributed by atoms with van der Waals surface area (Å²) in [5.74, 6) is 0. The Morgan fingerprint density at radius 3 is 2.15 bits per heavy atom. The van der Waals surface area contributed by atoms with Crippen molar-refractivity contribution < 1.29 is 28.5 Å². The van der Waals surface area contributed by atoms with Gasteiger partial charge < -0.3 is 28.5 Å². The Hall–Kier alpha value is 0.140. The minimum absolute atomic E-state index is 0. The van der Waals surface area contributed by atoms with Crippen LogP contribution in [0.4, 0.5) is 0 Å². The lowest BCUT2D eigenvalue weighted by atomic mass is 10.4. The molecule has 78 valence electrons. The summed E-state index contributed by atoms with van der Waals surface area (Å²) >= 11 is 0. The van der Waals surface area contributed by atoms with Crippen molar-refractivity contribution in [2.45, 2.75) is 6.42 Å². The molecule has 0 aliphatic rings. The van der Waals surface area contributed by atoms with Crippen molar-refractivity contribution in [1.82, 2.24) is 4.90 Å². The third kappa shape index (κ3) is 12.1. The molecular formula is C9H20IN3. The second-order valence-corrected chi connectivity index (χ2v) is 4.23. The summed E-state index contributed by atoms with van der Waals surface area (Å²) in [4.78, 5) is 2.20. The van der Waals surface area contributed by atoms with Crippen molar-refractivity contribution >= 4 is 0 Å². The van der Waals surface area contributed by atoms with Crippen LogP contribution in [0.2, 0.25) is 0 Å². The number of quaternary nitrogens is 1. The number of nitriles is 1. The Balaban J connectivity index is 0.